The quantitative estimate of drug-likeness (QED) is 0.333. The van der Waals surface area contributed by atoms with Crippen molar-refractivity contribution in [2.45, 2.75) is 57.8 Å². The summed E-state index contributed by atoms with van der Waals surface area (Å²) in [6.07, 6.45) is 4.42. The average molecular weight is 494 g/mol. The summed E-state index contributed by atoms with van der Waals surface area (Å²) < 4.78 is 15.1. The number of ether oxygens (including phenoxy) is 2. The van der Waals surface area contributed by atoms with E-state index in [0.717, 1.165) is 6.04 Å². The van der Waals surface area contributed by atoms with Crippen LogP contribution in [0.25, 0.3) is 28.0 Å². The maximum absolute atomic E-state index is 13.7. The van der Waals surface area contributed by atoms with E-state index in [1.165, 1.54) is 9.13 Å². The van der Waals surface area contributed by atoms with Gasteiger partial charge in [-0.25, -0.2) is 19.3 Å². The van der Waals surface area contributed by atoms with Gasteiger partial charge >= 0.3 is 5.69 Å². The fourth-order valence-corrected chi connectivity index (χ4v) is 5.18. The van der Waals surface area contributed by atoms with Gasteiger partial charge in [-0.05, 0) is 44.0 Å². The number of pyridine rings is 3. The van der Waals surface area contributed by atoms with Crippen LogP contribution in [0.1, 0.15) is 25.3 Å². The maximum atomic E-state index is 13.7. The van der Waals surface area contributed by atoms with E-state index in [4.69, 9.17) is 14.5 Å². The van der Waals surface area contributed by atoms with Crippen LogP contribution >= 0.6 is 0 Å². The Balaban J connectivity index is 1.70. The van der Waals surface area contributed by atoms with Gasteiger partial charge in [0.25, 0.3) is 0 Å². The Morgan fingerprint density at radius 1 is 1.17 bits per heavy atom. The molecule has 4 aromatic rings. The second kappa shape index (κ2) is 8.85. The van der Waals surface area contributed by atoms with Crippen LogP contribution < -0.4 is 10.4 Å². The highest BCUT2D eigenvalue weighted by Crippen LogP contribution is 2.33. The first-order chi connectivity index (χ1) is 16.7. The smallest absolute Gasteiger partial charge is 0.338 e. The Labute approximate surface area is 204 Å². The fraction of sp³-hybridized carbons (Fsp3) is 0.440. The van der Waals surface area contributed by atoms with Crippen molar-refractivity contribution >= 4 is 30.3 Å². The summed E-state index contributed by atoms with van der Waals surface area (Å²) in [7, 11) is -1.26. The first kappa shape index (κ1) is 23.6. The molecule has 1 aliphatic rings. The molecule has 10 heteroatoms. The average Bonchev–Trinajstić information content (AvgIpc) is 3.09. The summed E-state index contributed by atoms with van der Waals surface area (Å²) in [6.45, 7) is 9.71. The van der Waals surface area contributed by atoms with Crippen LogP contribution in [-0.2, 0) is 17.1 Å². The van der Waals surface area contributed by atoms with E-state index in [1.807, 2.05) is 6.07 Å². The SMILES string of the molecule is CC1(O)CCCOc2ccnc3c2n(c(=O)n3COCC[Si](C)(C)C)-c2ccc3nccc1c3n2. The minimum atomic E-state index is -1.26. The van der Waals surface area contributed by atoms with Crippen LogP contribution in [0, 0.1) is 0 Å². The molecular weight excluding hydrogens is 462 g/mol. The van der Waals surface area contributed by atoms with Crippen molar-refractivity contribution in [3.8, 4) is 11.6 Å². The van der Waals surface area contributed by atoms with E-state index in [0.29, 0.717) is 65.4 Å². The number of hydrogen-bond acceptors (Lipinski definition) is 7. The summed E-state index contributed by atoms with van der Waals surface area (Å²) in [5, 5.41) is 11.3. The maximum Gasteiger partial charge on any atom is 0.338 e. The molecule has 0 saturated heterocycles. The van der Waals surface area contributed by atoms with Gasteiger partial charge < -0.3 is 14.6 Å². The summed E-state index contributed by atoms with van der Waals surface area (Å²) in [6, 6.07) is 8.13. The molecule has 0 aromatic carbocycles. The normalized spacial score (nSPS) is 18.4. The molecule has 0 amide bonds. The van der Waals surface area contributed by atoms with E-state index in [1.54, 1.807) is 37.5 Å². The van der Waals surface area contributed by atoms with Crippen LogP contribution in [-0.4, -0.2) is 50.5 Å². The van der Waals surface area contributed by atoms with E-state index in [2.05, 4.69) is 29.6 Å². The number of imidazole rings is 1. The van der Waals surface area contributed by atoms with E-state index in [9.17, 15) is 9.90 Å². The van der Waals surface area contributed by atoms with Gasteiger partial charge in [-0.2, -0.15) is 0 Å². The molecule has 2 bridgehead atoms. The molecule has 0 fully saturated rings. The molecule has 1 aliphatic heterocycles. The molecule has 5 rings (SSSR count). The van der Waals surface area contributed by atoms with Crippen LogP contribution in [0.2, 0.25) is 25.7 Å². The van der Waals surface area contributed by atoms with Gasteiger partial charge in [-0.3, -0.25) is 9.55 Å². The predicted octanol–water partition coefficient (Wildman–Crippen LogP) is 3.82. The van der Waals surface area contributed by atoms with Crippen molar-refractivity contribution in [1.82, 2.24) is 24.1 Å². The van der Waals surface area contributed by atoms with Gasteiger partial charge in [0, 0.05) is 38.7 Å². The highest BCUT2D eigenvalue weighted by atomic mass is 28.3. The highest BCUT2D eigenvalue weighted by Gasteiger charge is 2.28. The van der Waals surface area contributed by atoms with Crippen LogP contribution in [0.4, 0.5) is 0 Å². The topological polar surface area (TPSA) is 104 Å². The van der Waals surface area contributed by atoms with E-state index < -0.39 is 13.7 Å². The lowest BCUT2D eigenvalue weighted by Gasteiger charge is -2.25. The van der Waals surface area contributed by atoms with Gasteiger partial charge in [0.1, 0.15) is 23.8 Å². The minimum Gasteiger partial charge on any atom is -0.491 e. The van der Waals surface area contributed by atoms with Crippen molar-refractivity contribution in [3.63, 3.8) is 0 Å². The largest absolute Gasteiger partial charge is 0.491 e. The second-order valence-electron chi connectivity index (χ2n) is 10.5. The van der Waals surface area contributed by atoms with Crippen LogP contribution in [0.5, 0.6) is 5.75 Å². The molecular formula is C25H31N5O4Si. The zero-order valence-electron chi connectivity index (χ0n) is 20.6. The van der Waals surface area contributed by atoms with Crippen molar-refractivity contribution < 1.29 is 14.6 Å². The monoisotopic (exact) mass is 493 g/mol. The third kappa shape index (κ3) is 4.49. The highest BCUT2D eigenvalue weighted by molar-refractivity contribution is 6.76. The number of hydrogen-bond donors (Lipinski definition) is 1. The van der Waals surface area contributed by atoms with E-state index in [-0.39, 0.29) is 12.4 Å². The van der Waals surface area contributed by atoms with Gasteiger partial charge in [0.05, 0.1) is 23.2 Å². The standard InChI is InChI=1S/C25H31N5O4Si/c1-25(32)10-5-13-34-19-9-12-27-23-22(19)30(24(31)29(23)16-33-14-15-35(2,3)4)20-7-6-18-21(28-20)17(25)8-11-26-18/h6-9,11-12,32H,5,10,13-16H2,1-4H3. The summed E-state index contributed by atoms with van der Waals surface area (Å²) in [4.78, 5) is 27.5. The molecule has 9 nitrogen and oxygen atoms in total. The van der Waals surface area contributed by atoms with Gasteiger partial charge in [-0.15, -0.1) is 0 Å². The van der Waals surface area contributed by atoms with Crippen LogP contribution in [0.3, 0.4) is 0 Å². The predicted molar refractivity (Wildman–Crippen MR) is 137 cm³/mol. The summed E-state index contributed by atoms with van der Waals surface area (Å²) >= 11 is 0. The second-order valence-corrected chi connectivity index (χ2v) is 16.1. The molecule has 0 spiro atoms. The molecule has 0 radical (unpaired) electrons. The first-order valence-corrected chi connectivity index (χ1v) is 15.7. The molecule has 4 aromatic heterocycles. The van der Waals surface area contributed by atoms with Gasteiger partial charge in [0.15, 0.2) is 5.65 Å². The Hall–Kier alpha value is -3.08. The number of fused-ring (bicyclic) bond motifs is 2. The lowest BCUT2D eigenvalue weighted by atomic mass is 9.90. The molecule has 184 valence electrons. The minimum absolute atomic E-state index is 0.0956. The molecule has 35 heavy (non-hydrogen) atoms. The van der Waals surface area contributed by atoms with Crippen molar-refractivity contribution in [2.75, 3.05) is 13.2 Å². The lowest BCUT2D eigenvalue weighted by molar-refractivity contribution is 0.0427. The van der Waals surface area contributed by atoms with Crippen molar-refractivity contribution in [2.24, 2.45) is 0 Å². The third-order valence-corrected chi connectivity index (χ3v) is 8.13. The van der Waals surface area contributed by atoms with Crippen molar-refractivity contribution in [3.05, 3.63) is 52.7 Å². The number of aromatic nitrogens is 5. The number of aliphatic hydroxyl groups is 1. The molecule has 1 N–H and O–H groups in total. The molecule has 1 unspecified atom stereocenters. The van der Waals surface area contributed by atoms with Gasteiger partial charge in [0.2, 0.25) is 0 Å². The molecule has 1 atom stereocenters. The van der Waals surface area contributed by atoms with E-state index >= 15 is 0 Å². The zero-order chi connectivity index (χ0) is 24.8. The lowest BCUT2D eigenvalue weighted by Crippen LogP contribution is -2.27. The first-order valence-electron chi connectivity index (χ1n) is 12.0. The third-order valence-electron chi connectivity index (χ3n) is 6.43. The Kier molecular flexibility index (Phi) is 5.98. The van der Waals surface area contributed by atoms with Crippen LogP contribution in [0.15, 0.2) is 41.5 Å². The molecule has 5 heterocycles. The zero-order valence-corrected chi connectivity index (χ0v) is 21.6. The summed E-state index contributed by atoms with van der Waals surface area (Å²) in [5.74, 6) is 0.957. The number of nitrogens with zero attached hydrogens (tertiary/aromatic N) is 5. The number of rotatable bonds is 5. The van der Waals surface area contributed by atoms with Gasteiger partial charge in [-0.1, -0.05) is 19.6 Å². The Morgan fingerprint density at radius 3 is 2.77 bits per heavy atom. The Morgan fingerprint density at radius 2 is 1.97 bits per heavy atom. The Bertz CT molecular complexity index is 1450. The molecule has 0 aliphatic carbocycles. The summed E-state index contributed by atoms with van der Waals surface area (Å²) in [5.41, 5.74) is 1.51. The van der Waals surface area contributed by atoms with Crippen molar-refractivity contribution in [1.29, 1.82) is 0 Å². The molecule has 0 saturated carbocycles. The fourth-order valence-electron chi connectivity index (χ4n) is 4.43.